The van der Waals surface area contributed by atoms with E-state index in [0.29, 0.717) is 24.4 Å². The number of hydrogen-bond donors (Lipinski definition) is 1. The summed E-state index contributed by atoms with van der Waals surface area (Å²) < 4.78 is 5.44. The first-order chi connectivity index (χ1) is 12.0. The zero-order valence-corrected chi connectivity index (χ0v) is 14.8. The van der Waals surface area contributed by atoms with E-state index in [-0.39, 0.29) is 11.9 Å². The third kappa shape index (κ3) is 5.33. The number of likely N-dealkylation sites (N-methyl/N-ethyl adjacent to an activating group) is 1. The first kappa shape index (κ1) is 18.5. The maximum atomic E-state index is 12.4. The highest BCUT2D eigenvalue weighted by Crippen LogP contribution is 2.15. The minimum atomic E-state index is -0.290. The Balaban J connectivity index is 1.92. The van der Waals surface area contributed by atoms with E-state index in [0.717, 1.165) is 11.3 Å². The summed E-state index contributed by atoms with van der Waals surface area (Å²) in [6.45, 7) is 5.13. The molecule has 0 fully saturated rings. The first-order valence-electron chi connectivity index (χ1n) is 8.26. The van der Waals surface area contributed by atoms with Crippen LogP contribution in [0.1, 0.15) is 25.0 Å². The fourth-order valence-electron chi connectivity index (χ4n) is 2.36. The SMILES string of the molecule is CCOc1ccc(CN(C)[C@H](C)C(=O)Nc2ccc(C#N)cc2)cc1. The van der Waals surface area contributed by atoms with Gasteiger partial charge in [0.1, 0.15) is 5.75 Å². The molecule has 1 N–H and O–H groups in total. The molecule has 0 aromatic heterocycles. The van der Waals surface area contributed by atoms with Crippen LogP contribution in [0.5, 0.6) is 5.75 Å². The Kier molecular flexibility index (Phi) is 6.55. The van der Waals surface area contributed by atoms with Gasteiger partial charge in [-0.2, -0.15) is 5.26 Å². The molecule has 5 heteroatoms. The number of rotatable bonds is 7. The number of hydrogen-bond acceptors (Lipinski definition) is 4. The van der Waals surface area contributed by atoms with Crippen LogP contribution in [0.15, 0.2) is 48.5 Å². The zero-order valence-electron chi connectivity index (χ0n) is 14.8. The highest BCUT2D eigenvalue weighted by atomic mass is 16.5. The van der Waals surface area contributed by atoms with Crippen LogP contribution in [0.3, 0.4) is 0 Å². The van der Waals surface area contributed by atoms with Crippen molar-refractivity contribution in [1.82, 2.24) is 4.90 Å². The number of nitrogens with zero attached hydrogens (tertiary/aromatic N) is 2. The lowest BCUT2D eigenvalue weighted by atomic mass is 10.1. The maximum Gasteiger partial charge on any atom is 0.241 e. The number of amides is 1. The number of nitriles is 1. The predicted octanol–water partition coefficient (Wildman–Crippen LogP) is 3.42. The number of carbonyl (C=O) groups is 1. The van der Waals surface area contributed by atoms with Crippen LogP contribution in [0.2, 0.25) is 0 Å². The van der Waals surface area contributed by atoms with Crippen LogP contribution in [-0.4, -0.2) is 30.5 Å². The summed E-state index contributed by atoms with van der Waals surface area (Å²) in [4.78, 5) is 14.4. The molecular weight excluding hydrogens is 314 g/mol. The van der Waals surface area contributed by atoms with Crippen molar-refractivity contribution in [3.05, 3.63) is 59.7 Å². The third-order valence-corrected chi connectivity index (χ3v) is 3.99. The molecular formula is C20H23N3O2. The second-order valence-corrected chi connectivity index (χ2v) is 5.85. The van der Waals surface area contributed by atoms with Gasteiger partial charge in [-0.25, -0.2) is 0 Å². The van der Waals surface area contributed by atoms with Gasteiger partial charge in [0.15, 0.2) is 0 Å². The minimum absolute atomic E-state index is 0.0851. The maximum absolute atomic E-state index is 12.4. The Bertz CT molecular complexity index is 733. The van der Waals surface area contributed by atoms with Crippen LogP contribution in [-0.2, 0) is 11.3 Å². The van der Waals surface area contributed by atoms with Crippen molar-refractivity contribution in [2.45, 2.75) is 26.4 Å². The molecule has 0 unspecified atom stereocenters. The van der Waals surface area contributed by atoms with Crippen molar-refractivity contribution in [1.29, 1.82) is 5.26 Å². The Morgan fingerprint density at radius 2 is 1.84 bits per heavy atom. The van der Waals surface area contributed by atoms with Crippen molar-refractivity contribution in [2.24, 2.45) is 0 Å². The fourth-order valence-corrected chi connectivity index (χ4v) is 2.36. The van der Waals surface area contributed by atoms with Gasteiger partial charge in [0.05, 0.1) is 24.3 Å². The number of carbonyl (C=O) groups excluding carboxylic acids is 1. The average Bonchev–Trinajstić information content (AvgIpc) is 2.63. The average molecular weight is 337 g/mol. The van der Waals surface area contributed by atoms with E-state index in [2.05, 4.69) is 11.4 Å². The van der Waals surface area contributed by atoms with Gasteiger partial charge in [-0.1, -0.05) is 12.1 Å². The summed E-state index contributed by atoms with van der Waals surface area (Å²) >= 11 is 0. The third-order valence-electron chi connectivity index (χ3n) is 3.99. The molecule has 0 aliphatic carbocycles. The lowest BCUT2D eigenvalue weighted by Gasteiger charge is -2.24. The number of nitrogens with one attached hydrogen (secondary N) is 1. The van der Waals surface area contributed by atoms with E-state index < -0.39 is 0 Å². The summed E-state index contributed by atoms with van der Waals surface area (Å²) in [5.74, 6) is 0.763. The smallest absolute Gasteiger partial charge is 0.241 e. The van der Waals surface area contributed by atoms with Gasteiger partial charge in [0.2, 0.25) is 5.91 Å². The molecule has 25 heavy (non-hydrogen) atoms. The van der Waals surface area contributed by atoms with Gasteiger partial charge in [-0.15, -0.1) is 0 Å². The van der Waals surface area contributed by atoms with Gasteiger partial charge in [0, 0.05) is 12.2 Å². The molecule has 0 aliphatic heterocycles. The summed E-state index contributed by atoms with van der Waals surface area (Å²) in [6.07, 6.45) is 0. The summed E-state index contributed by atoms with van der Waals surface area (Å²) in [7, 11) is 1.92. The molecule has 0 heterocycles. The standard InChI is InChI=1S/C20H23N3O2/c1-4-25-19-11-7-17(8-12-19)14-23(3)15(2)20(24)22-18-9-5-16(13-21)6-10-18/h5-12,15H,4,14H2,1-3H3,(H,22,24)/t15-/m1/s1. The lowest BCUT2D eigenvalue weighted by Crippen LogP contribution is -2.39. The van der Waals surface area contributed by atoms with Gasteiger partial charge in [-0.05, 0) is 62.9 Å². The monoisotopic (exact) mass is 337 g/mol. The molecule has 2 aromatic carbocycles. The van der Waals surface area contributed by atoms with E-state index >= 15 is 0 Å². The first-order valence-corrected chi connectivity index (χ1v) is 8.26. The van der Waals surface area contributed by atoms with E-state index in [4.69, 9.17) is 10.00 Å². The molecule has 5 nitrogen and oxygen atoms in total. The molecule has 0 bridgehead atoms. The molecule has 0 radical (unpaired) electrons. The van der Waals surface area contributed by atoms with Crippen LogP contribution in [0.25, 0.3) is 0 Å². The van der Waals surface area contributed by atoms with E-state index in [1.54, 1.807) is 24.3 Å². The Hall–Kier alpha value is -2.84. The molecule has 130 valence electrons. The second-order valence-electron chi connectivity index (χ2n) is 5.85. The van der Waals surface area contributed by atoms with E-state index in [1.807, 2.05) is 50.1 Å². The van der Waals surface area contributed by atoms with Crippen molar-refractivity contribution in [3.63, 3.8) is 0 Å². The Labute approximate surface area is 148 Å². The molecule has 0 saturated heterocycles. The van der Waals surface area contributed by atoms with E-state index in [9.17, 15) is 4.79 Å². The van der Waals surface area contributed by atoms with Gasteiger partial charge in [0.25, 0.3) is 0 Å². The molecule has 0 saturated carbocycles. The summed E-state index contributed by atoms with van der Waals surface area (Å²) in [5, 5.41) is 11.7. The van der Waals surface area contributed by atoms with E-state index in [1.165, 1.54) is 0 Å². The topological polar surface area (TPSA) is 65.4 Å². The predicted molar refractivity (Wildman–Crippen MR) is 98.3 cm³/mol. The van der Waals surface area contributed by atoms with Crippen LogP contribution >= 0.6 is 0 Å². The van der Waals surface area contributed by atoms with Gasteiger partial charge in [-0.3, -0.25) is 9.69 Å². The molecule has 0 aliphatic rings. The fraction of sp³-hybridized carbons (Fsp3) is 0.300. The highest BCUT2D eigenvalue weighted by molar-refractivity contribution is 5.94. The summed E-state index contributed by atoms with van der Waals surface area (Å²) in [5.41, 5.74) is 2.37. The quantitative estimate of drug-likeness (QED) is 0.841. The van der Waals surface area contributed by atoms with Crippen LogP contribution in [0, 0.1) is 11.3 Å². The number of ether oxygens (including phenoxy) is 1. The normalized spacial score (nSPS) is 11.6. The number of benzene rings is 2. The molecule has 0 spiro atoms. The molecule has 1 amide bonds. The Morgan fingerprint density at radius 1 is 1.20 bits per heavy atom. The van der Waals surface area contributed by atoms with Gasteiger partial charge < -0.3 is 10.1 Å². The molecule has 2 rings (SSSR count). The zero-order chi connectivity index (χ0) is 18.2. The second kappa shape index (κ2) is 8.86. The van der Waals surface area contributed by atoms with Gasteiger partial charge >= 0.3 is 0 Å². The van der Waals surface area contributed by atoms with Crippen LogP contribution in [0.4, 0.5) is 5.69 Å². The Morgan fingerprint density at radius 3 is 2.40 bits per heavy atom. The minimum Gasteiger partial charge on any atom is -0.494 e. The van der Waals surface area contributed by atoms with Crippen molar-refractivity contribution < 1.29 is 9.53 Å². The van der Waals surface area contributed by atoms with Crippen molar-refractivity contribution >= 4 is 11.6 Å². The summed E-state index contributed by atoms with van der Waals surface area (Å²) in [6, 6.07) is 16.5. The van der Waals surface area contributed by atoms with Crippen molar-refractivity contribution in [2.75, 3.05) is 19.0 Å². The molecule has 2 aromatic rings. The largest absolute Gasteiger partial charge is 0.494 e. The van der Waals surface area contributed by atoms with Crippen molar-refractivity contribution in [3.8, 4) is 11.8 Å². The number of anilines is 1. The lowest BCUT2D eigenvalue weighted by molar-refractivity contribution is -0.120. The van der Waals surface area contributed by atoms with Crippen LogP contribution < -0.4 is 10.1 Å². The highest BCUT2D eigenvalue weighted by Gasteiger charge is 2.18. The molecule has 1 atom stereocenters.